The maximum atomic E-state index is 13.9. The summed E-state index contributed by atoms with van der Waals surface area (Å²) in [5, 5.41) is 3.60. The molecule has 2 rings (SSSR count). The Bertz CT molecular complexity index is 564. The van der Waals surface area contributed by atoms with Crippen molar-refractivity contribution in [1.82, 2.24) is 5.16 Å². The molecule has 5 heteroatoms. The lowest BCUT2D eigenvalue weighted by Gasteiger charge is -2.12. The van der Waals surface area contributed by atoms with Gasteiger partial charge in [-0.15, -0.1) is 0 Å². The molecule has 0 radical (unpaired) electrons. The fourth-order valence-corrected chi connectivity index (χ4v) is 1.75. The van der Waals surface area contributed by atoms with E-state index in [1.165, 1.54) is 13.2 Å². The number of nitrogens with two attached hydrogens (primary N) is 1. The maximum absolute atomic E-state index is 13.9. The quantitative estimate of drug-likeness (QED) is 0.908. The topological polar surface area (TPSA) is 61.3 Å². The number of ether oxygens (including phenoxy) is 1. The molecular formula is C13H15FN2O2. The third kappa shape index (κ3) is 2.16. The van der Waals surface area contributed by atoms with E-state index >= 15 is 0 Å². The molecule has 4 nitrogen and oxygen atoms in total. The Hall–Kier alpha value is -2.04. The van der Waals surface area contributed by atoms with Crippen molar-refractivity contribution in [1.29, 1.82) is 0 Å². The molecule has 0 aliphatic rings. The second-order valence-electron chi connectivity index (χ2n) is 4.35. The molecule has 0 unspecified atom stereocenters. The Labute approximate surface area is 105 Å². The van der Waals surface area contributed by atoms with Gasteiger partial charge in [0.2, 0.25) is 0 Å². The van der Waals surface area contributed by atoms with Gasteiger partial charge in [-0.2, -0.15) is 0 Å². The predicted molar refractivity (Wildman–Crippen MR) is 67.0 cm³/mol. The van der Waals surface area contributed by atoms with Crippen LogP contribution in [-0.2, 0) is 0 Å². The van der Waals surface area contributed by atoms with Crippen molar-refractivity contribution in [2.45, 2.75) is 19.8 Å². The van der Waals surface area contributed by atoms with Gasteiger partial charge in [-0.1, -0.05) is 19.0 Å². The summed E-state index contributed by atoms with van der Waals surface area (Å²) in [7, 11) is 1.41. The number of rotatable bonds is 3. The van der Waals surface area contributed by atoms with Crippen molar-refractivity contribution in [3.63, 3.8) is 0 Å². The van der Waals surface area contributed by atoms with Gasteiger partial charge in [0.05, 0.1) is 12.7 Å². The summed E-state index contributed by atoms with van der Waals surface area (Å²) in [4.78, 5) is 0. The lowest BCUT2D eigenvalue weighted by atomic mass is 9.99. The molecule has 0 aliphatic carbocycles. The predicted octanol–water partition coefficient (Wildman–Crippen LogP) is 3.19. The number of hydrogen-bond acceptors (Lipinski definition) is 4. The molecule has 0 atom stereocenters. The van der Waals surface area contributed by atoms with Crippen molar-refractivity contribution in [2.75, 3.05) is 12.8 Å². The standard InChI is InChI=1S/C13H15FN2O2/c1-7(2)8-4-9(11-6-12(15)16-18-11)13(17-3)10(14)5-8/h4-7H,1-3H3,(H2,15,16). The summed E-state index contributed by atoms with van der Waals surface area (Å²) in [5.74, 6) is 0.557. The van der Waals surface area contributed by atoms with Gasteiger partial charge in [-0.05, 0) is 23.6 Å². The van der Waals surface area contributed by atoms with Gasteiger partial charge < -0.3 is 15.0 Å². The number of halogens is 1. The van der Waals surface area contributed by atoms with Gasteiger partial charge in [-0.25, -0.2) is 4.39 Å². The largest absolute Gasteiger partial charge is 0.493 e. The minimum absolute atomic E-state index is 0.135. The smallest absolute Gasteiger partial charge is 0.172 e. The van der Waals surface area contributed by atoms with Gasteiger partial charge in [0.25, 0.3) is 0 Å². The lowest BCUT2D eigenvalue weighted by molar-refractivity contribution is 0.382. The van der Waals surface area contributed by atoms with Crippen LogP contribution in [0, 0.1) is 5.82 Å². The van der Waals surface area contributed by atoms with E-state index in [9.17, 15) is 4.39 Å². The fourth-order valence-electron chi connectivity index (χ4n) is 1.75. The Balaban J connectivity index is 2.63. The van der Waals surface area contributed by atoms with E-state index in [-0.39, 0.29) is 17.5 Å². The molecular weight excluding hydrogens is 235 g/mol. The highest BCUT2D eigenvalue weighted by atomic mass is 19.1. The van der Waals surface area contributed by atoms with Crippen LogP contribution in [0.15, 0.2) is 22.7 Å². The first-order valence-electron chi connectivity index (χ1n) is 5.63. The van der Waals surface area contributed by atoms with Crippen LogP contribution in [0.1, 0.15) is 25.3 Å². The molecule has 0 amide bonds. The first-order valence-corrected chi connectivity index (χ1v) is 5.63. The van der Waals surface area contributed by atoms with E-state index < -0.39 is 5.82 Å². The molecule has 0 spiro atoms. The molecule has 2 aromatic rings. The van der Waals surface area contributed by atoms with E-state index in [2.05, 4.69) is 5.16 Å². The zero-order valence-corrected chi connectivity index (χ0v) is 10.5. The molecule has 0 aliphatic heterocycles. The normalized spacial score (nSPS) is 10.9. The zero-order chi connectivity index (χ0) is 13.3. The van der Waals surface area contributed by atoms with E-state index in [1.54, 1.807) is 6.07 Å². The molecule has 1 aromatic heterocycles. The Morgan fingerprint density at radius 3 is 2.56 bits per heavy atom. The summed E-state index contributed by atoms with van der Waals surface area (Å²) in [6.45, 7) is 3.97. The number of benzene rings is 1. The van der Waals surface area contributed by atoms with Crippen LogP contribution in [0.3, 0.4) is 0 Å². The fraction of sp³-hybridized carbons (Fsp3) is 0.308. The van der Waals surface area contributed by atoms with Crippen LogP contribution >= 0.6 is 0 Å². The summed E-state index contributed by atoms with van der Waals surface area (Å²) in [6, 6.07) is 4.83. The Morgan fingerprint density at radius 1 is 1.33 bits per heavy atom. The highest BCUT2D eigenvalue weighted by molar-refractivity contribution is 5.69. The molecule has 1 heterocycles. The number of hydrogen-bond donors (Lipinski definition) is 1. The van der Waals surface area contributed by atoms with Crippen molar-refractivity contribution >= 4 is 5.82 Å². The molecule has 0 fully saturated rings. The summed E-state index contributed by atoms with van der Waals surface area (Å²) in [6.07, 6.45) is 0. The SMILES string of the molecule is COc1c(F)cc(C(C)C)cc1-c1cc(N)no1. The molecule has 0 bridgehead atoms. The first-order chi connectivity index (χ1) is 8.52. The van der Waals surface area contributed by atoms with E-state index in [1.807, 2.05) is 19.9 Å². The second kappa shape index (κ2) is 4.68. The number of methoxy groups -OCH3 is 1. The van der Waals surface area contributed by atoms with Gasteiger partial charge >= 0.3 is 0 Å². The van der Waals surface area contributed by atoms with Crippen LogP contribution in [0.5, 0.6) is 5.75 Å². The highest BCUT2D eigenvalue weighted by Gasteiger charge is 2.17. The third-order valence-corrected chi connectivity index (χ3v) is 2.73. The van der Waals surface area contributed by atoms with Crippen LogP contribution in [0.25, 0.3) is 11.3 Å². The minimum atomic E-state index is -0.423. The zero-order valence-electron chi connectivity index (χ0n) is 10.5. The van der Waals surface area contributed by atoms with Crippen LogP contribution in [0.4, 0.5) is 10.2 Å². The minimum Gasteiger partial charge on any atom is -0.493 e. The lowest BCUT2D eigenvalue weighted by Crippen LogP contribution is -1.96. The molecule has 96 valence electrons. The van der Waals surface area contributed by atoms with Crippen molar-refractivity contribution < 1.29 is 13.7 Å². The van der Waals surface area contributed by atoms with Crippen molar-refractivity contribution in [2.24, 2.45) is 0 Å². The summed E-state index contributed by atoms with van der Waals surface area (Å²) >= 11 is 0. The number of nitrogen functional groups attached to an aromatic ring is 1. The number of nitrogens with zero attached hydrogens (tertiary/aromatic N) is 1. The molecule has 2 N–H and O–H groups in total. The van der Waals surface area contributed by atoms with Crippen LogP contribution in [0.2, 0.25) is 0 Å². The third-order valence-electron chi connectivity index (χ3n) is 2.73. The van der Waals surface area contributed by atoms with Crippen LogP contribution in [-0.4, -0.2) is 12.3 Å². The Kier molecular flexibility index (Phi) is 3.23. The number of anilines is 1. The van der Waals surface area contributed by atoms with E-state index in [4.69, 9.17) is 15.0 Å². The molecule has 18 heavy (non-hydrogen) atoms. The molecule has 1 aromatic carbocycles. The van der Waals surface area contributed by atoms with Crippen molar-refractivity contribution in [3.8, 4) is 17.1 Å². The second-order valence-corrected chi connectivity index (χ2v) is 4.35. The van der Waals surface area contributed by atoms with E-state index in [0.29, 0.717) is 11.3 Å². The van der Waals surface area contributed by atoms with Gasteiger partial charge in [-0.3, -0.25) is 0 Å². The average Bonchev–Trinajstić information content (AvgIpc) is 2.74. The van der Waals surface area contributed by atoms with E-state index in [0.717, 1.165) is 5.56 Å². The van der Waals surface area contributed by atoms with Crippen LogP contribution < -0.4 is 10.5 Å². The number of aromatic nitrogens is 1. The van der Waals surface area contributed by atoms with Gasteiger partial charge in [0.1, 0.15) is 0 Å². The molecule has 0 saturated heterocycles. The molecule has 0 saturated carbocycles. The Morgan fingerprint density at radius 2 is 2.06 bits per heavy atom. The van der Waals surface area contributed by atoms with Gasteiger partial charge in [0.15, 0.2) is 23.1 Å². The first kappa shape index (κ1) is 12.4. The maximum Gasteiger partial charge on any atom is 0.172 e. The monoisotopic (exact) mass is 250 g/mol. The van der Waals surface area contributed by atoms with Gasteiger partial charge in [0, 0.05) is 6.07 Å². The summed E-state index contributed by atoms with van der Waals surface area (Å²) < 4.78 is 24.1. The highest BCUT2D eigenvalue weighted by Crippen LogP contribution is 2.36. The van der Waals surface area contributed by atoms with Crippen molar-refractivity contribution in [3.05, 3.63) is 29.6 Å². The average molecular weight is 250 g/mol. The summed E-state index contributed by atoms with van der Waals surface area (Å²) in [5.41, 5.74) is 6.88.